The molecular weight excluding hydrogens is 464 g/mol. The van der Waals surface area contributed by atoms with E-state index in [1.165, 1.54) is 0 Å². The molecule has 1 N–H and O–H groups in total. The maximum absolute atomic E-state index is 11.6. The summed E-state index contributed by atoms with van der Waals surface area (Å²) in [4.78, 5) is 24.7. The van der Waals surface area contributed by atoms with E-state index >= 15 is 0 Å². The minimum Gasteiger partial charge on any atom is -0.478 e. The van der Waals surface area contributed by atoms with Crippen molar-refractivity contribution in [3.05, 3.63) is 102 Å². The monoisotopic (exact) mass is 497 g/mol. The van der Waals surface area contributed by atoms with Crippen LogP contribution in [0.5, 0.6) is 5.75 Å². The fourth-order valence-electron chi connectivity index (χ4n) is 5.89. The van der Waals surface area contributed by atoms with Crippen molar-refractivity contribution in [2.24, 2.45) is 0 Å². The van der Waals surface area contributed by atoms with Crippen molar-refractivity contribution < 1.29 is 24.0 Å². The summed E-state index contributed by atoms with van der Waals surface area (Å²) in [5.41, 5.74) is 5.77. The zero-order valence-corrected chi connectivity index (χ0v) is 21.8. The molecule has 6 heteroatoms. The number of hydrogen-bond donors (Lipinski definition) is 1. The minimum absolute atomic E-state index is 0.276. The number of rotatable bonds is 9. The predicted molar refractivity (Wildman–Crippen MR) is 147 cm³/mol. The van der Waals surface area contributed by atoms with Crippen LogP contribution in [0, 0.1) is 0 Å². The topological polar surface area (TPSA) is 69.8 Å². The zero-order chi connectivity index (χ0) is 27.0. The van der Waals surface area contributed by atoms with Gasteiger partial charge in [0.05, 0.1) is 11.0 Å². The van der Waals surface area contributed by atoms with E-state index in [1.807, 2.05) is 44.4 Å². The Kier molecular flexibility index (Phi) is 6.78. The molecule has 2 atom stereocenters. The summed E-state index contributed by atoms with van der Waals surface area (Å²) < 4.78 is 7.28. The van der Waals surface area contributed by atoms with Gasteiger partial charge in [-0.2, -0.15) is 4.58 Å². The van der Waals surface area contributed by atoms with Crippen molar-refractivity contribution in [1.82, 2.24) is 0 Å². The first-order chi connectivity index (χ1) is 17.6. The number of likely N-dealkylation sites (N-methyl/N-ethyl adjacent to an activating group) is 1. The molecule has 2 unspecified atom stereocenters. The molecule has 0 spiro atoms. The molecule has 0 radical (unpaired) electrons. The van der Waals surface area contributed by atoms with Gasteiger partial charge in [0.1, 0.15) is 12.8 Å². The van der Waals surface area contributed by atoms with Crippen LogP contribution in [0.25, 0.3) is 0 Å². The molecule has 0 saturated heterocycles. The molecule has 4 rings (SSSR count). The van der Waals surface area contributed by atoms with Crippen molar-refractivity contribution in [1.29, 1.82) is 0 Å². The maximum Gasteiger partial charge on any atom is 0.335 e. The van der Waals surface area contributed by atoms with E-state index in [-0.39, 0.29) is 11.0 Å². The number of anilines is 1. The van der Waals surface area contributed by atoms with Crippen molar-refractivity contribution in [3.63, 3.8) is 0 Å². The molecule has 2 aliphatic heterocycles. The number of aromatic carboxylic acids is 1. The van der Waals surface area contributed by atoms with Crippen LogP contribution < -0.4 is 9.64 Å². The second-order valence-corrected chi connectivity index (χ2v) is 9.99. The smallest absolute Gasteiger partial charge is 0.335 e. The van der Waals surface area contributed by atoms with Crippen molar-refractivity contribution in [3.8, 4) is 5.75 Å². The molecule has 2 aliphatic rings. The first kappa shape index (κ1) is 25.9. The lowest BCUT2D eigenvalue weighted by molar-refractivity contribution is -0.401. The third kappa shape index (κ3) is 4.12. The van der Waals surface area contributed by atoms with Gasteiger partial charge in [-0.05, 0) is 68.7 Å². The third-order valence-electron chi connectivity index (χ3n) is 7.77. The first-order valence-corrected chi connectivity index (χ1v) is 12.2. The van der Waals surface area contributed by atoms with Gasteiger partial charge in [0.15, 0.2) is 5.71 Å². The summed E-state index contributed by atoms with van der Waals surface area (Å²) in [7, 11) is 4.04. The number of hydrogen-bond acceptors (Lipinski definition) is 4. The molecule has 37 heavy (non-hydrogen) atoms. The van der Waals surface area contributed by atoms with Crippen molar-refractivity contribution in [2.75, 3.05) is 19.0 Å². The molecule has 0 saturated carbocycles. The van der Waals surface area contributed by atoms with Crippen LogP contribution >= 0.6 is 0 Å². The van der Waals surface area contributed by atoms with Gasteiger partial charge < -0.3 is 14.7 Å². The van der Waals surface area contributed by atoms with E-state index in [0.29, 0.717) is 25.1 Å². The van der Waals surface area contributed by atoms with Crippen LogP contribution in [0.15, 0.2) is 85.6 Å². The number of carboxylic acid groups (broad SMARTS) is 1. The molecule has 0 fully saturated rings. The Balaban J connectivity index is 1.77. The van der Waals surface area contributed by atoms with Crippen LogP contribution in [0.1, 0.15) is 48.2 Å². The number of carbonyl (C=O) groups excluding carboxylic acids is 1. The van der Waals surface area contributed by atoms with E-state index in [0.717, 1.165) is 33.9 Å². The van der Waals surface area contributed by atoms with E-state index in [4.69, 9.17) is 4.74 Å². The first-order valence-electron chi connectivity index (χ1n) is 12.2. The van der Waals surface area contributed by atoms with Gasteiger partial charge >= 0.3 is 5.97 Å². The molecule has 0 aromatic heterocycles. The molecule has 190 valence electrons. The minimum atomic E-state index is -0.938. The predicted octanol–water partition coefficient (Wildman–Crippen LogP) is 5.91. The second-order valence-electron chi connectivity index (χ2n) is 9.99. The number of carbonyl (C=O) groups is 2. The lowest BCUT2D eigenvalue weighted by Gasteiger charge is -2.27. The zero-order valence-electron chi connectivity index (χ0n) is 21.8. The van der Waals surface area contributed by atoms with Gasteiger partial charge in [0.2, 0.25) is 5.69 Å². The fourth-order valence-corrected chi connectivity index (χ4v) is 5.89. The van der Waals surface area contributed by atoms with Crippen LogP contribution in [-0.4, -0.2) is 41.9 Å². The van der Waals surface area contributed by atoms with E-state index in [1.54, 1.807) is 18.2 Å². The maximum atomic E-state index is 11.6. The normalized spacial score (nSPS) is 23.4. The van der Waals surface area contributed by atoms with E-state index in [9.17, 15) is 14.7 Å². The van der Waals surface area contributed by atoms with Gasteiger partial charge in [-0.15, -0.1) is 13.2 Å². The average Bonchev–Trinajstić information content (AvgIpc) is 3.19. The molecule has 0 bridgehead atoms. The van der Waals surface area contributed by atoms with Gasteiger partial charge in [-0.1, -0.05) is 18.2 Å². The Morgan fingerprint density at radius 1 is 1.08 bits per heavy atom. The van der Waals surface area contributed by atoms with Crippen LogP contribution in [0.3, 0.4) is 0 Å². The van der Waals surface area contributed by atoms with Gasteiger partial charge in [-0.3, -0.25) is 4.79 Å². The Morgan fingerprint density at radius 2 is 1.78 bits per heavy atom. The Hall–Kier alpha value is -4.19. The summed E-state index contributed by atoms with van der Waals surface area (Å²) in [6.45, 7) is 12.7. The number of nitrogens with zero attached hydrogens (tertiary/aromatic N) is 2. The van der Waals surface area contributed by atoms with Gasteiger partial charge in [-0.25, -0.2) is 4.79 Å². The summed E-state index contributed by atoms with van der Waals surface area (Å²) in [5, 5.41) is 9.55. The van der Waals surface area contributed by atoms with Gasteiger partial charge in [0.25, 0.3) is 6.47 Å². The van der Waals surface area contributed by atoms with Crippen LogP contribution in [-0.2, 0) is 15.6 Å². The fraction of sp³-hybridized carbons (Fsp3) is 0.258. The number of benzene rings is 2. The van der Waals surface area contributed by atoms with Crippen molar-refractivity contribution in [2.45, 2.75) is 37.5 Å². The Morgan fingerprint density at radius 3 is 2.43 bits per heavy atom. The Labute approximate surface area is 218 Å². The quantitative estimate of drug-likeness (QED) is 0.265. The largest absolute Gasteiger partial charge is 0.478 e. The lowest BCUT2D eigenvalue weighted by atomic mass is 9.76. The summed E-state index contributed by atoms with van der Waals surface area (Å²) in [6, 6.07) is 11.0. The van der Waals surface area contributed by atoms with E-state index in [2.05, 4.69) is 54.7 Å². The molecule has 0 aliphatic carbocycles. The molecule has 2 aromatic rings. The van der Waals surface area contributed by atoms with Crippen molar-refractivity contribution >= 4 is 29.5 Å². The number of ether oxygens (including phenoxy) is 1. The molecule has 2 aromatic carbocycles. The highest BCUT2D eigenvalue weighted by molar-refractivity contribution is 6.03. The average molecular weight is 498 g/mol. The second kappa shape index (κ2) is 9.69. The highest BCUT2D eigenvalue weighted by atomic mass is 16.5. The molecule has 0 amide bonds. The SMILES string of the molecule is C=CCC1(C)C(/C=C/C=C2\N(C)c3ccc(C(=O)O)cc3C2(C)CC=C)=[N+](C)c2ccc(OC=O)cc21. The lowest BCUT2D eigenvalue weighted by Crippen LogP contribution is -2.30. The van der Waals surface area contributed by atoms with Crippen LogP contribution in [0.4, 0.5) is 11.4 Å². The highest BCUT2D eigenvalue weighted by Crippen LogP contribution is 2.50. The molecule has 2 heterocycles. The number of allylic oxidation sites excluding steroid dienone is 6. The number of fused-ring (bicyclic) bond motifs is 2. The van der Waals surface area contributed by atoms with E-state index < -0.39 is 11.4 Å². The summed E-state index contributed by atoms with van der Waals surface area (Å²) in [5.74, 6) is -0.428. The number of carboxylic acids is 1. The third-order valence-corrected chi connectivity index (χ3v) is 7.77. The highest BCUT2D eigenvalue weighted by Gasteiger charge is 2.46. The molecular formula is C31H33N2O4+. The van der Waals surface area contributed by atoms with Gasteiger partial charge in [0, 0.05) is 41.6 Å². The standard InChI is InChI=1S/C31H32N2O4/c1-7-16-30(3)23-18-21(29(35)36)12-14-25(23)32(5)27(30)10-9-11-28-31(4,17-8-2)24-19-22(37-20-34)13-15-26(24)33(28)6/h7-15,18-20H,1-2,16-17H2,3-6H3/p+1. The summed E-state index contributed by atoms with van der Waals surface area (Å²) in [6.07, 6.45) is 11.4. The van der Waals surface area contributed by atoms with Crippen LogP contribution in [0.2, 0.25) is 0 Å². The Bertz CT molecular complexity index is 1400. The molecule has 6 nitrogen and oxygen atoms in total. The summed E-state index contributed by atoms with van der Waals surface area (Å²) >= 11 is 0.